The van der Waals surface area contributed by atoms with Gasteiger partial charge in [0, 0.05) is 23.3 Å². The van der Waals surface area contributed by atoms with Crippen LogP contribution in [0, 0.1) is 0 Å². The minimum atomic E-state index is -3.55. The molecular weight excluding hydrogens is 482 g/mol. The van der Waals surface area contributed by atoms with Crippen molar-refractivity contribution in [3.63, 3.8) is 0 Å². The third-order valence-corrected chi connectivity index (χ3v) is 7.96. The molecule has 0 fully saturated rings. The molecular formula is C27H27NO5S2. The summed E-state index contributed by atoms with van der Waals surface area (Å²) >= 11 is 1.64. The fourth-order valence-corrected chi connectivity index (χ4v) is 6.03. The number of methoxy groups -OCH3 is 1. The average molecular weight is 510 g/mol. The predicted molar refractivity (Wildman–Crippen MR) is 140 cm³/mol. The fourth-order valence-electron chi connectivity index (χ4n) is 3.85. The molecule has 1 N–H and O–H groups in total. The van der Waals surface area contributed by atoms with Gasteiger partial charge in [-0.3, -0.25) is 4.79 Å². The second-order valence-corrected chi connectivity index (χ2v) is 10.9. The van der Waals surface area contributed by atoms with Gasteiger partial charge in [0.05, 0.1) is 18.8 Å². The van der Waals surface area contributed by atoms with Gasteiger partial charge in [0.15, 0.2) is 0 Å². The van der Waals surface area contributed by atoms with Crippen molar-refractivity contribution >= 4 is 33.8 Å². The van der Waals surface area contributed by atoms with Crippen molar-refractivity contribution in [3.05, 3.63) is 106 Å². The zero-order valence-electron chi connectivity index (χ0n) is 19.3. The predicted octanol–water partition coefficient (Wildman–Crippen LogP) is 4.71. The Labute approximate surface area is 210 Å². The highest BCUT2D eigenvalue weighted by molar-refractivity contribution is 7.99. The number of sulfonamides is 1. The van der Waals surface area contributed by atoms with Gasteiger partial charge in [-0.25, -0.2) is 13.1 Å². The van der Waals surface area contributed by atoms with Crippen LogP contribution >= 0.6 is 11.8 Å². The van der Waals surface area contributed by atoms with Gasteiger partial charge >= 0.3 is 5.97 Å². The van der Waals surface area contributed by atoms with Crippen molar-refractivity contribution in [1.82, 2.24) is 4.72 Å². The lowest BCUT2D eigenvalue weighted by Crippen LogP contribution is -2.24. The van der Waals surface area contributed by atoms with Crippen molar-refractivity contribution in [2.45, 2.75) is 18.3 Å². The Bertz CT molecular complexity index is 1310. The van der Waals surface area contributed by atoms with Gasteiger partial charge in [-0.05, 0) is 34.4 Å². The minimum absolute atomic E-state index is 0.0642. The lowest BCUT2D eigenvalue weighted by molar-refractivity contribution is -0.139. The van der Waals surface area contributed by atoms with Crippen LogP contribution in [0.1, 0.15) is 33.1 Å². The molecule has 4 rings (SSSR count). The molecule has 0 saturated heterocycles. The first-order valence-corrected chi connectivity index (χ1v) is 13.8. The summed E-state index contributed by atoms with van der Waals surface area (Å²) in [7, 11) is -2.18. The maximum Gasteiger partial charge on any atom is 0.309 e. The maximum absolute atomic E-state index is 12.4. The van der Waals surface area contributed by atoms with E-state index in [4.69, 9.17) is 9.47 Å². The summed E-state index contributed by atoms with van der Waals surface area (Å²) in [5.41, 5.74) is 4.84. The molecule has 0 aliphatic carbocycles. The average Bonchev–Trinajstić information content (AvgIpc) is 3.02. The van der Waals surface area contributed by atoms with Crippen molar-refractivity contribution in [2.75, 3.05) is 19.4 Å². The molecule has 1 atom stereocenters. The van der Waals surface area contributed by atoms with E-state index in [1.165, 1.54) is 12.5 Å². The SMILES string of the molecule is COC(=O)Cc1ccc2c(c1)C(SCCNS(=O)(=O)C=Cc1ccccc1)c1ccccc1CO2. The van der Waals surface area contributed by atoms with Crippen LogP contribution in [0.15, 0.2) is 78.2 Å². The third kappa shape index (κ3) is 6.75. The summed E-state index contributed by atoms with van der Waals surface area (Å²) < 4.78 is 38.4. The van der Waals surface area contributed by atoms with Crippen LogP contribution in [0.25, 0.3) is 6.08 Å². The number of ether oxygens (including phenoxy) is 2. The first-order valence-electron chi connectivity index (χ1n) is 11.2. The monoisotopic (exact) mass is 509 g/mol. The van der Waals surface area contributed by atoms with Crippen molar-refractivity contribution < 1.29 is 22.7 Å². The molecule has 8 heteroatoms. The van der Waals surface area contributed by atoms with E-state index in [-0.39, 0.29) is 24.2 Å². The van der Waals surface area contributed by atoms with Crippen LogP contribution in [0.3, 0.4) is 0 Å². The summed E-state index contributed by atoms with van der Waals surface area (Å²) in [6, 6.07) is 23.1. The molecule has 0 aromatic heterocycles. The number of hydrogen-bond acceptors (Lipinski definition) is 6. The molecule has 0 saturated carbocycles. The number of esters is 1. The number of benzene rings is 3. The number of hydrogen-bond donors (Lipinski definition) is 1. The second kappa shape index (κ2) is 11.6. The quantitative estimate of drug-likeness (QED) is 0.332. The highest BCUT2D eigenvalue weighted by Crippen LogP contribution is 2.44. The van der Waals surface area contributed by atoms with Gasteiger partial charge in [0.25, 0.3) is 0 Å². The standard InChI is InChI=1S/C27H27NO5S2/c1-32-26(29)18-21-11-12-25-24(17-21)27(23-10-6-5-9-22(23)19-33-25)34-15-14-28-35(30,31)16-13-20-7-3-2-4-8-20/h2-13,16-17,27-28H,14-15,18-19H2,1H3. The Morgan fingerprint density at radius 2 is 1.86 bits per heavy atom. The number of rotatable bonds is 9. The number of nitrogens with one attached hydrogen (secondary N) is 1. The largest absolute Gasteiger partial charge is 0.489 e. The molecule has 0 radical (unpaired) electrons. The Morgan fingerprint density at radius 3 is 2.66 bits per heavy atom. The van der Waals surface area contributed by atoms with Crippen LogP contribution < -0.4 is 9.46 Å². The first-order chi connectivity index (χ1) is 16.9. The van der Waals surface area contributed by atoms with Gasteiger partial charge in [-0.2, -0.15) is 0 Å². The molecule has 3 aromatic carbocycles. The van der Waals surface area contributed by atoms with Gasteiger partial charge in [-0.15, -0.1) is 11.8 Å². The number of fused-ring (bicyclic) bond motifs is 2. The molecule has 3 aromatic rings. The molecule has 1 heterocycles. The summed E-state index contributed by atoms with van der Waals surface area (Å²) in [6.07, 6.45) is 1.75. The fraction of sp³-hybridized carbons (Fsp3) is 0.222. The lowest BCUT2D eigenvalue weighted by Gasteiger charge is -2.19. The molecule has 0 spiro atoms. The van der Waals surface area contributed by atoms with E-state index < -0.39 is 10.0 Å². The molecule has 182 valence electrons. The van der Waals surface area contributed by atoms with Crippen molar-refractivity contribution in [1.29, 1.82) is 0 Å². The topological polar surface area (TPSA) is 81.7 Å². The second-order valence-electron chi connectivity index (χ2n) is 8.02. The molecule has 0 bridgehead atoms. The number of thioether (sulfide) groups is 1. The Kier molecular flexibility index (Phi) is 8.28. The van der Waals surface area contributed by atoms with Gasteiger partial charge < -0.3 is 9.47 Å². The van der Waals surface area contributed by atoms with Crippen LogP contribution in [0.2, 0.25) is 0 Å². The van der Waals surface area contributed by atoms with E-state index in [0.29, 0.717) is 12.4 Å². The van der Waals surface area contributed by atoms with E-state index in [9.17, 15) is 13.2 Å². The summed E-state index contributed by atoms with van der Waals surface area (Å²) in [4.78, 5) is 11.8. The van der Waals surface area contributed by atoms with Gasteiger partial charge in [-0.1, -0.05) is 66.7 Å². The zero-order chi connectivity index (χ0) is 24.7. The smallest absolute Gasteiger partial charge is 0.309 e. The van der Waals surface area contributed by atoms with E-state index in [0.717, 1.165) is 33.6 Å². The Morgan fingerprint density at radius 1 is 1.09 bits per heavy atom. The molecule has 1 aliphatic heterocycles. The van der Waals surface area contributed by atoms with E-state index >= 15 is 0 Å². The molecule has 1 unspecified atom stereocenters. The lowest BCUT2D eigenvalue weighted by atomic mass is 9.98. The van der Waals surface area contributed by atoms with Crippen LogP contribution in [0.5, 0.6) is 5.75 Å². The van der Waals surface area contributed by atoms with Gasteiger partial charge in [0.1, 0.15) is 12.4 Å². The zero-order valence-corrected chi connectivity index (χ0v) is 21.0. The van der Waals surface area contributed by atoms with Crippen LogP contribution in [-0.2, 0) is 32.6 Å². The first kappa shape index (κ1) is 25.0. The Balaban J connectivity index is 1.49. The van der Waals surface area contributed by atoms with Crippen molar-refractivity contribution in [3.8, 4) is 5.75 Å². The third-order valence-electron chi connectivity index (χ3n) is 5.58. The summed E-state index contributed by atoms with van der Waals surface area (Å²) in [5.74, 6) is 1.01. The number of carbonyl (C=O) groups excluding carboxylic acids is 1. The molecule has 1 aliphatic rings. The molecule has 6 nitrogen and oxygen atoms in total. The van der Waals surface area contributed by atoms with Crippen LogP contribution in [-0.4, -0.2) is 33.8 Å². The summed E-state index contributed by atoms with van der Waals surface area (Å²) in [6.45, 7) is 0.732. The van der Waals surface area contributed by atoms with Crippen molar-refractivity contribution in [2.24, 2.45) is 0 Å². The number of carbonyl (C=O) groups is 1. The van der Waals surface area contributed by atoms with E-state index in [1.807, 2.05) is 66.7 Å². The summed E-state index contributed by atoms with van der Waals surface area (Å²) in [5, 5.41) is 1.13. The van der Waals surface area contributed by atoms with Crippen LogP contribution in [0.4, 0.5) is 0 Å². The highest BCUT2D eigenvalue weighted by Gasteiger charge is 2.25. The highest BCUT2D eigenvalue weighted by atomic mass is 32.2. The molecule has 0 amide bonds. The van der Waals surface area contributed by atoms with E-state index in [2.05, 4.69) is 10.8 Å². The maximum atomic E-state index is 12.4. The Hall–Kier alpha value is -3.07. The normalized spacial score (nSPS) is 15.1. The molecule has 35 heavy (non-hydrogen) atoms. The van der Waals surface area contributed by atoms with Gasteiger partial charge in [0.2, 0.25) is 10.0 Å². The van der Waals surface area contributed by atoms with E-state index in [1.54, 1.807) is 17.8 Å². The minimum Gasteiger partial charge on any atom is -0.489 e.